The summed E-state index contributed by atoms with van der Waals surface area (Å²) < 4.78 is 23.1. The van der Waals surface area contributed by atoms with E-state index in [1.165, 1.54) is 13.0 Å². The van der Waals surface area contributed by atoms with Gasteiger partial charge in [-0.2, -0.15) is 0 Å². The van der Waals surface area contributed by atoms with Crippen molar-refractivity contribution in [3.05, 3.63) is 85.1 Å². The molecule has 3 rings (SSSR count). The SMILES string of the molecule is C[C@@H]1[C@H](O)[C@@H](C)/C=C/C=C/C=C/C=C/C=C/C=C/C=C/[C@H](O[C@@H]2O[C@H](C)[C@@H](O)[C@@H](N)[C@@H]2O)C[C@@H]2O[C@](O)(C[C@@H](O)C[C@@H](O)[C@H](O)CC[C@@H](O)C[C@@H](O)CC(=O)O[C@H]1C)C[C@H](O)[C@H]2C(=O)O. The van der Waals surface area contributed by atoms with Crippen LogP contribution in [-0.2, 0) is 28.5 Å². The van der Waals surface area contributed by atoms with E-state index in [1.807, 2.05) is 19.1 Å². The fourth-order valence-corrected chi connectivity index (χ4v) is 7.97. The summed E-state index contributed by atoms with van der Waals surface area (Å²) >= 11 is 0. The van der Waals surface area contributed by atoms with Crippen molar-refractivity contribution in [1.82, 2.24) is 0 Å². The Morgan fingerprint density at radius 2 is 1.23 bits per heavy atom. The first kappa shape index (κ1) is 55.9. The third-order valence-corrected chi connectivity index (χ3v) is 12.0. The van der Waals surface area contributed by atoms with Crippen LogP contribution in [0.4, 0.5) is 0 Å². The Morgan fingerprint density at radius 3 is 1.82 bits per heavy atom. The first-order valence-electron chi connectivity index (χ1n) is 22.3. The van der Waals surface area contributed by atoms with Crippen molar-refractivity contribution in [1.29, 1.82) is 0 Å². The number of carboxylic acids is 1. The molecule has 0 aromatic rings. The first-order chi connectivity index (χ1) is 30.6. The molecule has 19 atom stereocenters. The molecule has 3 aliphatic heterocycles. The topological polar surface area (TPSA) is 320 Å². The third-order valence-electron chi connectivity index (χ3n) is 12.0. The van der Waals surface area contributed by atoms with Crippen LogP contribution in [0, 0.1) is 17.8 Å². The molecule has 0 aromatic carbocycles. The minimum atomic E-state index is -2.33. The van der Waals surface area contributed by atoms with Crippen molar-refractivity contribution in [3.8, 4) is 0 Å². The molecule has 0 aromatic heterocycles. The molecule has 0 amide bonds. The number of carbonyl (C=O) groups is 2. The highest BCUT2D eigenvalue weighted by Crippen LogP contribution is 2.38. The van der Waals surface area contributed by atoms with Crippen LogP contribution < -0.4 is 5.73 Å². The molecule has 0 saturated carbocycles. The van der Waals surface area contributed by atoms with Gasteiger partial charge in [-0.1, -0.05) is 98.9 Å². The fraction of sp³-hybridized carbons (Fsp3) is 0.660. The summed E-state index contributed by atoms with van der Waals surface area (Å²) in [5.74, 6) is -6.83. The number of carboxylic acid groups (broad SMARTS) is 1. The van der Waals surface area contributed by atoms with E-state index in [1.54, 1.807) is 80.7 Å². The lowest BCUT2D eigenvalue weighted by atomic mass is 9.82. The van der Waals surface area contributed by atoms with Crippen molar-refractivity contribution >= 4 is 11.9 Å². The summed E-state index contributed by atoms with van der Waals surface area (Å²) in [7, 11) is 0. The van der Waals surface area contributed by atoms with Crippen LogP contribution in [0.25, 0.3) is 0 Å². The Morgan fingerprint density at radius 1 is 0.662 bits per heavy atom. The van der Waals surface area contributed by atoms with Crippen molar-refractivity contribution in [2.75, 3.05) is 0 Å². The van der Waals surface area contributed by atoms with Crippen LogP contribution in [0.1, 0.15) is 79.1 Å². The molecule has 0 spiro atoms. The zero-order valence-electron chi connectivity index (χ0n) is 37.6. The number of cyclic esters (lactones) is 1. The maximum Gasteiger partial charge on any atom is 0.311 e. The lowest BCUT2D eigenvalue weighted by molar-refractivity contribution is -0.308. The van der Waals surface area contributed by atoms with Gasteiger partial charge in [0.15, 0.2) is 12.1 Å². The molecule has 65 heavy (non-hydrogen) atoms. The van der Waals surface area contributed by atoms with Crippen LogP contribution in [0.3, 0.4) is 0 Å². The Bertz CT molecular complexity index is 1670. The highest BCUT2D eigenvalue weighted by molar-refractivity contribution is 5.71. The van der Waals surface area contributed by atoms with Gasteiger partial charge in [-0.15, -0.1) is 0 Å². The van der Waals surface area contributed by atoms with Gasteiger partial charge in [0.05, 0.1) is 79.6 Å². The third kappa shape index (κ3) is 18.6. The van der Waals surface area contributed by atoms with E-state index in [4.69, 9.17) is 24.7 Å². The van der Waals surface area contributed by atoms with E-state index in [9.17, 15) is 65.8 Å². The molecule has 3 aliphatic rings. The molecule has 0 radical (unpaired) electrons. The Balaban J connectivity index is 1.86. The van der Waals surface area contributed by atoms with Crippen LogP contribution >= 0.6 is 0 Å². The molecule has 2 saturated heterocycles. The summed E-state index contributed by atoms with van der Waals surface area (Å²) in [6, 6.07) is -1.15. The van der Waals surface area contributed by atoms with Crippen LogP contribution in [-0.4, -0.2) is 166 Å². The largest absolute Gasteiger partial charge is 0.481 e. The van der Waals surface area contributed by atoms with Crippen molar-refractivity contribution in [3.63, 3.8) is 0 Å². The van der Waals surface area contributed by atoms with E-state index in [2.05, 4.69) is 0 Å². The number of ether oxygens (including phenoxy) is 4. The molecule has 18 heteroatoms. The number of nitrogens with two attached hydrogens (primary N) is 1. The second-order valence-electron chi connectivity index (χ2n) is 17.6. The van der Waals surface area contributed by atoms with Crippen LogP contribution in [0.2, 0.25) is 0 Å². The molecule has 0 aliphatic carbocycles. The zero-order valence-corrected chi connectivity index (χ0v) is 37.6. The highest BCUT2D eigenvalue weighted by atomic mass is 16.7. The lowest BCUT2D eigenvalue weighted by Gasteiger charge is -2.45. The molecule has 0 unspecified atom stereocenters. The van der Waals surface area contributed by atoms with Gasteiger partial charge in [-0.05, 0) is 33.1 Å². The smallest absolute Gasteiger partial charge is 0.311 e. The second kappa shape index (κ2) is 27.4. The van der Waals surface area contributed by atoms with Crippen molar-refractivity contribution < 1.29 is 84.7 Å². The molecule has 18 nitrogen and oxygen atoms in total. The first-order valence-corrected chi connectivity index (χ1v) is 22.3. The van der Waals surface area contributed by atoms with Gasteiger partial charge in [0, 0.05) is 37.5 Å². The van der Waals surface area contributed by atoms with Gasteiger partial charge in [0.1, 0.15) is 18.1 Å². The number of allylic oxidation sites excluding steroid dienone is 12. The minimum absolute atomic E-state index is 0.107. The number of aliphatic hydroxyl groups is 10. The maximum atomic E-state index is 12.6. The fourth-order valence-electron chi connectivity index (χ4n) is 7.97. The normalized spacial score (nSPS) is 45.5. The van der Waals surface area contributed by atoms with Gasteiger partial charge in [-0.3, -0.25) is 9.59 Å². The standard InChI is InChI=1S/C47H73NO17/c1-27-17-15-13-11-9-7-5-6-8-10-12-14-16-18-34(64-46-44(58)41(48)43(57)30(4)63-46)24-38-40(45(59)60)37(54)26-47(61,65-38)25-33(51)22-36(53)35(52)20-19-31(49)21-32(50)23-39(55)62-29(3)28(2)42(27)56/h5-18,27-38,40-44,46,49-54,56-58,61H,19-26,48H2,1-4H3,(H,59,60)/b6-5+,9-7+,10-8+,13-11+,14-12+,17-15+,18-16+/t27-,28-,29-,30+,31+,32+,33-,34-,35+,36+,37-,38-,40+,41+,42+,43+,44-,46-,47+/m0/s1. The van der Waals surface area contributed by atoms with Crippen molar-refractivity contribution in [2.24, 2.45) is 23.5 Å². The van der Waals surface area contributed by atoms with Crippen LogP contribution in [0.15, 0.2) is 85.1 Å². The molecular weight excluding hydrogens is 851 g/mol. The summed E-state index contributed by atoms with van der Waals surface area (Å²) in [5.41, 5.74) is 6.02. The molecule has 2 bridgehead atoms. The molecular formula is C47H73NO17. The molecule has 13 N–H and O–H groups in total. The van der Waals surface area contributed by atoms with E-state index in [0.29, 0.717) is 0 Å². The quantitative estimate of drug-likeness (QED) is 0.174. The summed E-state index contributed by atoms with van der Waals surface area (Å²) in [6.45, 7) is 6.74. The van der Waals surface area contributed by atoms with Gasteiger partial charge in [-0.25, -0.2) is 0 Å². The number of aliphatic carboxylic acids is 1. The van der Waals surface area contributed by atoms with E-state index < -0.39 is 147 Å². The summed E-state index contributed by atoms with van der Waals surface area (Å²) in [5, 5.41) is 118. The number of hydrogen-bond acceptors (Lipinski definition) is 17. The van der Waals surface area contributed by atoms with Gasteiger partial charge in [0.25, 0.3) is 0 Å². The second-order valence-corrected chi connectivity index (χ2v) is 17.6. The van der Waals surface area contributed by atoms with Gasteiger partial charge >= 0.3 is 11.9 Å². The van der Waals surface area contributed by atoms with E-state index in [0.717, 1.165) is 0 Å². The average Bonchev–Trinajstić information content (AvgIpc) is 3.21. The average molecular weight is 924 g/mol. The van der Waals surface area contributed by atoms with Gasteiger partial charge in [0.2, 0.25) is 0 Å². The number of rotatable bonds is 3. The monoisotopic (exact) mass is 923 g/mol. The Hall–Kier alpha value is -3.44. The van der Waals surface area contributed by atoms with E-state index >= 15 is 0 Å². The zero-order chi connectivity index (χ0) is 48.4. The molecule has 368 valence electrons. The number of fused-ring (bicyclic) bond motifs is 2. The van der Waals surface area contributed by atoms with Crippen LogP contribution in [0.5, 0.6) is 0 Å². The molecule has 2 fully saturated rings. The Labute approximate surface area is 381 Å². The predicted molar refractivity (Wildman–Crippen MR) is 237 cm³/mol. The summed E-state index contributed by atoms with van der Waals surface area (Å²) in [4.78, 5) is 25.1. The summed E-state index contributed by atoms with van der Waals surface area (Å²) in [6.07, 6.45) is 3.46. The Kier molecular flexibility index (Phi) is 23.6. The number of esters is 1. The lowest BCUT2D eigenvalue weighted by Crippen LogP contribution is -2.61. The number of carbonyl (C=O) groups excluding carboxylic acids is 1. The predicted octanol–water partition coefficient (Wildman–Crippen LogP) is 0.712. The number of hydrogen-bond donors (Lipinski definition) is 12. The highest BCUT2D eigenvalue weighted by Gasteiger charge is 2.51. The minimum Gasteiger partial charge on any atom is -0.481 e. The van der Waals surface area contributed by atoms with Gasteiger partial charge < -0.3 is 80.9 Å². The van der Waals surface area contributed by atoms with Crippen molar-refractivity contribution in [2.45, 2.75) is 177 Å². The number of aliphatic hydroxyl groups excluding tert-OH is 9. The van der Waals surface area contributed by atoms with E-state index in [-0.39, 0.29) is 31.6 Å². The maximum absolute atomic E-state index is 12.6. The molecule has 3 heterocycles.